The number of nitrogens with one attached hydrogen (secondary N) is 1. The topological polar surface area (TPSA) is 64.2 Å². The SMILES string of the molecule is CCOC(=O)c1cn[nH]c1OCCC1(C)CC1. The summed E-state index contributed by atoms with van der Waals surface area (Å²) in [5.41, 5.74) is 0.817. The molecule has 0 aliphatic heterocycles. The quantitative estimate of drug-likeness (QED) is 0.771. The zero-order valence-corrected chi connectivity index (χ0v) is 10.3. The van der Waals surface area contributed by atoms with Gasteiger partial charge in [-0.25, -0.2) is 9.89 Å². The van der Waals surface area contributed by atoms with Crippen LogP contribution in [0.15, 0.2) is 6.20 Å². The Balaban J connectivity index is 1.87. The number of hydrogen-bond acceptors (Lipinski definition) is 4. The minimum absolute atomic E-state index is 0.349. The second-order valence-electron chi connectivity index (χ2n) is 4.74. The van der Waals surface area contributed by atoms with Gasteiger partial charge in [0.1, 0.15) is 5.56 Å². The van der Waals surface area contributed by atoms with Crippen molar-refractivity contribution in [2.24, 2.45) is 5.41 Å². The van der Waals surface area contributed by atoms with Crippen molar-refractivity contribution in [1.29, 1.82) is 0 Å². The summed E-state index contributed by atoms with van der Waals surface area (Å²) in [6.07, 6.45) is 4.98. The molecule has 17 heavy (non-hydrogen) atoms. The molecule has 0 bridgehead atoms. The van der Waals surface area contributed by atoms with E-state index >= 15 is 0 Å². The van der Waals surface area contributed by atoms with Gasteiger partial charge in [0.2, 0.25) is 5.88 Å². The number of nitrogens with zero attached hydrogens (tertiary/aromatic N) is 1. The fourth-order valence-corrected chi connectivity index (χ4v) is 1.60. The van der Waals surface area contributed by atoms with E-state index in [2.05, 4.69) is 17.1 Å². The number of esters is 1. The molecule has 2 rings (SSSR count). The Kier molecular flexibility index (Phi) is 3.36. The summed E-state index contributed by atoms with van der Waals surface area (Å²) in [7, 11) is 0. The van der Waals surface area contributed by atoms with Crippen LogP contribution in [0.3, 0.4) is 0 Å². The van der Waals surface area contributed by atoms with Gasteiger partial charge < -0.3 is 9.47 Å². The van der Waals surface area contributed by atoms with Crippen molar-refractivity contribution in [3.8, 4) is 5.88 Å². The van der Waals surface area contributed by atoms with Gasteiger partial charge in [-0.05, 0) is 31.6 Å². The van der Waals surface area contributed by atoms with Crippen LogP contribution in [-0.2, 0) is 4.74 Å². The number of carbonyl (C=O) groups is 1. The molecule has 0 amide bonds. The number of rotatable bonds is 6. The highest BCUT2D eigenvalue weighted by molar-refractivity contribution is 5.91. The molecule has 5 nitrogen and oxygen atoms in total. The third kappa shape index (κ3) is 2.99. The summed E-state index contributed by atoms with van der Waals surface area (Å²) in [5, 5.41) is 6.48. The summed E-state index contributed by atoms with van der Waals surface area (Å²) in [5.74, 6) is 0.0154. The number of aromatic nitrogens is 2. The van der Waals surface area contributed by atoms with Gasteiger partial charge in [0.15, 0.2) is 0 Å². The highest BCUT2D eigenvalue weighted by atomic mass is 16.5. The smallest absolute Gasteiger partial charge is 0.345 e. The van der Waals surface area contributed by atoms with E-state index in [-0.39, 0.29) is 0 Å². The molecule has 0 saturated heterocycles. The van der Waals surface area contributed by atoms with Gasteiger partial charge in [0, 0.05) is 0 Å². The van der Waals surface area contributed by atoms with Crippen LogP contribution >= 0.6 is 0 Å². The van der Waals surface area contributed by atoms with Crippen molar-refractivity contribution in [3.63, 3.8) is 0 Å². The zero-order chi connectivity index (χ0) is 12.3. The van der Waals surface area contributed by atoms with Gasteiger partial charge in [0.05, 0.1) is 19.4 Å². The second-order valence-corrected chi connectivity index (χ2v) is 4.74. The maximum atomic E-state index is 11.5. The van der Waals surface area contributed by atoms with E-state index in [0.717, 1.165) is 6.42 Å². The van der Waals surface area contributed by atoms with Crippen molar-refractivity contribution in [3.05, 3.63) is 11.8 Å². The van der Waals surface area contributed by atoms with Crippen LogP contribution in [-0.4, -0.2) is 29.4 Å². The van der Waals surface area contributed by atoms with Crippen LogP contribution in [0.5, 0.6) is 5.88 Å². The van der Waals surface area contributed by atoms with Crippen LogP contribution < -0.4 is 4.74 Å². The van der Waals surface area contributed by atoms with Crippen LogP contribution in [0.4, 0.5) is 0 Å². The molecule has 0 aromatic carbocycles. The summed E-state index contributed by atoms with van der Waals surface area (Å²) >= 11 is 0. The molecule has 1 aliphatic carbocycles. The fraction of sp³-hybridized carbons (Fsp3) is 0.667. The molecule has 1 saturated carbocycles. The Morgan fingerprint density at radius 3 is 3.00 bits per heavy atom. The highest BCUT2D eigenvalue weighted by Crippen LogP contribution is 2.47. The molecule has 94 valence electrons. The second kappa shape index (κ2) is 4.77. The third-order valence-electron chi connectivity index (χ3n) is 3.16. The lowest BCUT2D eigenvalue weighted by molar-refractivity contribution is 0.0521. The number of hydrogen-bond donors (Lipinski definition) is 1. The Hall–Kier alpha value is -1.52. The lowest BCUT2D eigenvalue weighted by Gasteiger charge is -2.09. The standard InChI is InChI=1S/C12H18N2O3/c1-3-16-11(15)9-8-13-14-10(9)17-7-6-12(2)4-5-12/h8H,3-7H2,1-2H3,(H,13,14). The van der Waals surface area contributed by atoms with E-state index in [1.165, 1.54) is 19.0 Å². The number of ether oxygens (including phenoxy) is 2. The molecular formula is C12H18N2O3. The Bertz CT molecular complexity index is 396. The van der Waals surface area contributed by atoms with E-state index in [0.29, 0.717) is 30.1 Å². The van der Waals surface area contributed by atoms with Gasteiger partial charge in [-0.2, -0.15) is 5.10 Å². The maximum absolute atomic E-state index is 11.5. The van der Waals surface area contributed by atoms with Crippen molar-refractivity contribution >= 4 is 5.97 Å². The highest BCUT2D eigenvalue weighted by Gasteiger charge is 2.36. The molecular weight excluding hydrogens is 220 g/mol. The predicted octanol–water partition coefficient (Wildman–Crippen LogP) is 2.16. The van der Waals surface area contributed by atoms with Gasteiger partial charge in [0.25, 0.3) is 0 Å². The molecule has 0 radical (unpaired) electrons. The first-order valence-electron chi connectivity index (χ1n) is 5.98. The van der Waals surface area contributed by atoms with Crippen LogP contribution in [0.1, 0.15) is 43.5 Å². The van der Waals surface area contributed by atoms with E-state index in [9.17, 15) is 4.79 Å². The van der Waals surface area contributed by atoms with Crippen LogP contribution in [0, 0.1) is 5.41 Å². The Morgan fingerprint density at radius 2 is 2.35 bits per heavy atom. The van der Waals surface area contributed by atoms with E-state index in [1.807, 2.05) is 0 Å². The van der Waals surface area contributed by atoms with Crippen molar-refractivity contribution in [2.45, 2.75) is 33.1 Å². The first-order chi connectivity index (χ1) is 8.14. The van der Waals surface area contributed by atoms with E-state index in [4.69, 9.17) is 9.47 Å². The summed E-state index contributed by atoms with van der Waals surface area (Å²) in [4.78, 5) is 11.5. The number of aromatic amines is 1. The van der Waals surface area contributed by atoms with E-state index < -0.39 is 5.97 Å². The molecule has 1 fully saturated rings. The lowest BCUT2D eigenvalue weighted by Crippen LogP contribution is -2.09. The number of H-pyrrole nitrogens is 1. The van der Waals surface area contributed by atoms with Gasteiger partial charge in [-0.15, -0.1) is 0 Å². The molecule has 0 atom stereocenters. The minimum atomic E-state index is -0.395. The van der Waals surface area contributed by atoms with Gasteiger partial charge >= 0.3 is 5.97 Å². The van der Waals surface area contributed by atoms with E-state index in [1.54, 1.807) is 6.92 Å². The molecule has 1 aliphatic rings. The molecule has 1 N–H and O–H groups in total. The maximum Gasteiger partial charge on any atom is 0.345 e. The van der Waals surface area contributed by atoms with Crippen LogP contribution in [0.2, 0.25) is 0 Å². The summed E-state index contributed by atoms with van der Waals surface area (Å²) in [6, 6.07) is 0. The van der Waals surface area contributed by atoms with Crippen LogP contribution in [0.25, 0.3) is 0 Å². The Labute approximate surface area is 100 Å². The van der Waals surface area contributed by atoms with Crippen molar-refractivity contribution < 1.29 is 14.3 Å². The zero-order valence-electron chi connectivity index (χ0n) is 10.3. The average Bonchev–Trinajstić information content (AvgIpc) is 2.85. The minimum Gasteiger partial charge on any atom is -0.477 e. The number of carbonyl (C=O) groups excluding carboxylic acids is 1. The van der Waals surface area contributed by atoms with Gasteiger partial charge in [-0.3, -0.25) is 0 Å². The third-order valence-corrected chi connectivity index (χ3v) is 3.16. The monoisotopic (exact) mass is 238 g/mol. The lowest BCUT2D eigenvalue weighted by atomic mass is 10.1. The predicted molar refractivity (Wildman–Crippen MR) is 62.0 cm³/mol. The van der Waals surface area contributed by atoms with Crippen molar-refractivity contribution in [2.75, 3.05) is 13.2 Å². The Morgan fingerprint density at radius 1 is 1.59 bits per heavy atom. The average molecular weight is 238 g/mol. The molecule has 1 heterocycles. The molecule has 0 spiro atoms. The molecule has 1 aromatic heterocycles. The normalized spacial score (nSPS) is 16.6. The molecule has 1 aromatic rings. The first kappa shape index (κ1) is 12.0. The molecule has 0 unspecified atom stereocenters. The van der Waals surface area contributed by atoms with Gasteiger partial charge in [-0.1, -0.05) is 6.92 Å². The summed E-state index contributed by atoms with van der Waals surface area (Å²) in [6.45, 7) is 4.97. The first-order valence-corrected chi connectivity index (χ1v) is 5.98. The molecule has 5 heteroatoms. The largest absolute Gasteiger partial charge is 0.477 e. The fourth-order valence-electron chi connectivity index (χ4n) is 1.60. The summed E-state index contributed by atoms with van der Waals surface area (Å²) < 4.78 is 10.4. The van der Waals surface area contributed by atoms with Crippen molar-refractivity contribution in [1.82, 2.24) is 10.2 Å².